The van der Waals surface area contributed by atoms with Crippen molar-refractivity contribution in [1.82, 2.24) is 5.43 Å². The maximum absolute atomic E-state index is 11.9. The van der Waals surface area contributed by atoms with Crippen molar-refractivity contribution in [2.45, 2.75) is 13.8 Å². The number of aryl methyl sites for hydroxylation is 2. The van der Waals surface area contributed by atoms with Gasteiger partial charge in [0.1, 0.15) is 11.5 Å². The zero-order chi connectivity index (χ0) is 15.2. The second-order valence-corrected chi connectivity index (χ2v) is 5.38. The van der Waals surface area contributed by atoms with E-state index in [1.807, 2.05) is 36.4 Å². The van der Waals surface area contributed by atoms with Gasteiger partial charge in [-0.15, -0.1) is 0 Å². The highest BCUT2D eigenvalue weighted by Crippen LogP contribution is 2.13. The lowest BCUT2D eigenvalue weighted by molar-refractivity contribution is 0.0953. The van der Waals surface area contributed by atoms with E-state index < -0.39 is 0 Å². The zero-order valence-corrected chi connectivity index (χ0v) is 13.3. The number of amides is 1. The lowest BCUT2D eigenvalue weighted by Gasteiger charge is -1.97. The number of carbonyl (C=O) groups is 1. The maximum Gasteiger partial charge on any atom is 0.274 e. The predicted octanol–water partition coefficient (Wildman–Crippen LogP) is 4.05. The molecule has 1 aromatic heterocycles. The van der Waals surface area contributed by atoms with Gasteiger partial charge in [-0.2, -0.15) is 5.10 Å². The SMILES string of the molecule is Cc1cc(C(=O)N/N=C\C(Br)=C\c2ccccc2)c(C)o1. The molecular weight excluding hydrogens is 332 g/mol. The van der Waals surface area contributed by atoms with E-state index in [-0.39, 0.29) is 5.91 Å². The fraction of sp³-hybridized carbons (Fsp3) is 0.125. The first kappa shape index (κ1) is 15.3. The summed E-state index contributed by atoms with van der Waals surface area (Å²) in [6.45, 7) is 3.54. The van der Waals surface area contributed by atoms with Crippen LogP contribution < -0.4 is 5.43 Å². The first-order valence-corrected chi connectivity index (χ1v) is 7.18. The standard InChI is InChI=1S/C16H15BrN2O2/c1-11-8-15(12(2)21-11)16(20)19-18-10-14(17)9-13-6-4-3-5-7-13/h3-10H,1-2H3,(H,19,20)/b14-9-,18-10-. The van der Waals surface area contributed by atoms with E-state index in [0.29, 0.717) is 17.1 Å². The molecule has 0 aliphatic heterocycles. The molecule has 1 aromatic carbocycles. The van der Waals surface area contributed by atoms with Gasteiger partial charge in [-0.25, -0.2) is 5.43 Å². The first-order chi connectivity index (χ1) is 10.1. The Bertz CT molecular complexity index is 688. The monoisotopic (exact) mass is 346 g/mol. The molecule has 0 aliphatic rings. The number of rotatable bonds is 4. The van der Waals surface area contributed by atoms with Crippen LogP contribution >= 0.6 is 15.9 Å². The molecule has 0 atom stereocenters. The molecule has 2 rings (SSSR count). The molecule has 0 radical (unpaired) electrons. The number of nitrogens with zero attached hydrogens (tertiary/aromatic N) is 1. The van der Waals surface area contributed by atoms with Crippen molar-refractivity contribution in [3.8, 4) is 0 Å². The van der Waals surface area contributed by atoms with Crippen molar-refractivity contribution in [3.05, 3.63) is 63.5 Å². The molecule has 4 nitrogen and oxygen atoms in total. The van der Waals surface area contributed by atoms with Crippen LogP contribution in [0, 0.1) is 13.8 Å². The van der Waals surface area contributed by atoms with Gasteiger partial charge in [-0.3, -0.25) is 4.79 Å². The quantitative estimate of drug-likeness (QED) is 0.670. The summed E-state index contributed by atoms with van der Waals surface area (Å²) in [4.78, 5) is 11.9. The third kappa shape index (κ3) is 4.43. The molecule has 1 amide bonds. The van der Waals surface area contributed by atoms with Gasteiger partial charge in [0.25, 0.3) is 5.91 Å². The van der Waals surface area contributed by atoms with E-state index >= 15 is 0 Å². The Kier molecular flexibility index (Phi) is 5.11. The molecule has 1 N–H and O–H groups in total. The zero-order valence-electron chi connectivity index (χ0n) is 11.8. The van der Waals surface area contributed by atoms with Crippen molar-refractivity contribution in [3.63, 3.8) is 0 Å². The Hall–Kier alpha value is -2.14. The summed E-state index contributed by atoms with van der Waals surface area (Å²) in [6.07, 6.45) is 3.44. The number of hydrazone groups is 1. The van der Waals surface area contributed by atoms with Crippen molar-refractivity contribution in [2.75, 3.05) is 0 Å². The molecule has 5 heteroatoms. The minimum Gasteiger partial charge on any atom is -0.466 e. The lowest BCUT2D eigenvalue weighted by atomic mass is 10.2. The molecule has 0 unspecified atom stereocenters. The first-order valence-electron chi connectivity index (χ1n) is 6.39. The third-order valence-electron chi connectivity index (χ3n) is 2.74. The normalized spacial score (nSPS) is 11.9. The smallest absolute Gasteiger partial charge is 0.274 e. The van der Waals surface area contributed by atoms with Crippen molar-refractivity contribution in [2.24, 2.45) is 5.10 Å². The van der Waals surface area contributed by atoms with Crippen molar-refractivity contribution < 1.29 is 9.21 Å². The average molecular weight is 347 g/mol. The molecule has 0 aliphatic carbocycles. The number of nitrogens with one attached hydrogen (secondary N) is 1. The second-order valence-electron chi connectivity index (χ2n) is 4.47. The lowest BCUT2D eigenvalue weighted by Crippen LogP contribution is -2.17. The predicted molar refractivity (Wildman–Crippen MR) is 87.5 cm³/mol. The number of allylic oxidation sites excluding steroid dienone is 1. The number of halogens is 1. The van der Waals surface area contributed by atoms with Crippen LogP contribution in [0.3, 0.4) is 0 Å². The minimum absolute atomic E-state index is 0.291. The van der Waals surface area contributed by atoms with Crippen molar-refractivity contribution >= 4 is 34.1 Å². The van der Waals surface area contributed by atoms with Crippen LogP contribution in [0.2, 0.25) is 0 Å². The molecule has 2 aromatic rings. The highest BCUT2D eigenvalue weighted by molar-refractivity contribution is 9.12. The van der Waals surface area contributed by atoms with Crippen molar-refractivity contribution in [1.29, 1.82) is 0 Å². The third-order valence-corrected chi connectivity index (χ3v) is 3.18. The average Bonchev–Trinajstić information content (AvgIpc) is 2.79. The Morgan fingerprint density at radius 1 is 1.29 bits per heavy atom. The fourth-order valence-corrected chi connectivity index (χ4v) is 2.18. The van der Waals surface area contributed by atoms with E-state index in [2.05, 4.69) is 26.5 Å². The molecule has 0 saturated heterocycles. The van der Waals surface area contributed by atoms with E-state index in [4.69, 9.17) is 4.42 Å². The minimum atomic E-state index is -0.291. The number of benzene rings is 1. The van der Waals surface area contributed by atoms with Crippen LogP contribution in [0.5, 0.6) is 0 Å². The fourth-order valence-electron chi connectivity index (χ4n) is 1.81. The molecular formula is C16H15BrN2O2. The van der Waals surface area contributed by atoms with Crippen LogP contribution in [-0.2, 0) is 0 Å². The largest absolute Gasteiger partial charge is 0.466 e. The summed E-state index contributed by atoms with van der Waals surface area (Å²) in [7, 11) is 0. The van der Waals surface area contributed by atoms with Crippen LogP contribution in [0.4, 0.5) is 0 Å². The van der Waals surface area contributed by atoms with E-state index in [1.54, 1.807) is 19.9 Å². The summed E-state index contributed by atoms with van der Waals surface area (Å²) >= 11 is 3.38. The molecule has 0 bridgehead atoms. The van der Waals surface area contributed by atoms with Gasteiger partial charge in [-0.05, 0) is 47.5 Å². The second kappa shape index (κ2) is 7.04. The summed E-state index contributed by atoms with van der Waals surface area (Å²) in [5.74, 6) is 0.992. The van der Waals surface area contributed by atoms with Gasteiger partial charge < -0.3 is 4.42 Å². The van der Waals surface area contributed by atoms with Gasteiger partial charge >= 0.3 is 0 Å². The highest BCUT2D eigenvalue weighted by Gasteiger charge is 2.12. The number of hydrogen-bond acceptors (Lipinski definition) is 3. The topological polar surface area (TPSA) is 54.6 Å². The van der Waals surface area contributed by atoms with Crippen LogP contribution in [0.25, 0.3) is 6.08 Å². The number of hydrogen-bond donors (Lipinski definition) is 1. The van der Waals surface area contributed by atoms with Crippen LogP contribution in [-0.4, -0.2) is 12.1 Å². The summed E-state index contributed by atoms with van der Waals surface area (Å²) in [5, 5.41) is 3.91. The Morgan fingerprint density at radius 2 is 2.00 bits per heavy atom. The summed E-state index contributed by atoms with van der Waals surface area (Å²) in [6, 6.07) is 11.5. The van der Waals surface area contributed by atoms with Gasteiger partial charge in [0.15, 0.2) is 0 Å². The summed E-state index contributed by atoms with van der Waals surface area (Å²) in [5.41, 5.74) is 4.01. The highest BCUT2D eigenvalue weighted by atomic mass is 79.9. The van der Waals surface area contributed by atoms with Gasteiger partial charge in [0.05, 0.1) is 11.8 Å². The molecule has 1 heterocycles. The number of furan rings is 1. The number of carbonyl (C=O) groups excluding carboxylic acids is 1. The van der Waals surface area contributed by atoms with E-state index in [1.165, 1.54) is 6.21 Å². The van der Waals surface area contributed by atoms with Crippen LogP contribution in [0.1, 0.15) is 27.4 Å². The molecule has 0 spiro atoms. The van der Waals surface area contributed by atoms with Gasteiger partial charge in [0, 0.05) is 4.48 Å². The molecule has 108 valence electrons. The van der Waals surface area contributed by atoms with E-state index in [0.717, 1.165) is 10.0 Å². The van der Waals surface area contributed by atoms with Gasteiger partial charge in [-0.1, -0.05) is 30.3 Å². The Morgan fingerprint density at radius 3 is 2.62 bits per heavy atom. The van der Waals surface area contributed by atoms with Gasteiger partial charge in [0.2, 0.25) is 0 Å². The summed E-state index contributed by atoms with van der Waals surface area (Å²) < 4.78 is 6.07. The van der Waals surface area contributed by atoms with E-state index in [9.17, 15) is 4.79 Å². The molecule has 21 heavy (non-hydrogen) atoms. The Labute approximate surface area is 131 Å². The maximum atomic E-state index is 11.9. The molecule has 0 saturated carbocycles. The Balaban J connectivity index is 1.97. The van der Waals surface area contributed by atoms with Crippen LogP contribution in [0.15, 0.2) is 50.4 Å². The molecule has 0 fully saturated rings.